The Hall–Kier alpha value is -4.13. The molecule has 1 atom stereocenters. The van der Waals surface area contributed by atoms with Gasteiger partial charge in [-0.3, -0.25) is 19.5 Å². The number of amides is 1. The normalized spacial score (nSPS) is 17.4. The predicted octanol–water partition coefficient (Wildman–Crippen LogP) is 4.12. The smallest absolute Gasteiger partial charge is 0.300 e. The maximum absolute atomic E-state index is 13.2. The average molecular weight is 430 g/mol. The molecule has 1 aliphatic rings. The van der Waals surface area contributed by atoms with Crippen LogP contribution in [0.2, 0.25) is 0 Å². The van der Waals surface area contributed by atoms with Crippen molar-refractivity contribution in [2.24, 2.45) is 0 Å². The highest BCUT2D eigenvalue weighted by Gasteiger charge is 2.48. The van der Waals surface area contributed by atoms with Crippen molar-refractivity contribution >= 4 is 23.1 Å². The van der Waals surface area contributed by atoms with E-state index in [9.17, 15) is 14.7 Å². The number of aromatic nitrogens is 1. The van der Waals surface area contributed by atoms with Gasteiger partial charge < -0.3 is 14.6 Å². The highest BCUT2D eigenvalue weighted by atomic mass is 16.5. The van der Waals surface area contributed by atoms with E-state index in [2.05, 4.69) is 4.98 Å². The van der Waals surface area contributed by atoms with Crippen molar-refractivity contribution in [3.63, 3.8) is 0 Å². The van der Waals surface area contributed by atoms with Crippen molar-refractivity contribution in [2.45, 2.75) is 13.0 Å². The fourth-order valence-corrected chi connectivity index (χ4v) is 3.76. The van der Waals surface area contributed by atoms with Gasteiger partial charge in [0.05, 0.1) is 30.7 Å². The average Bonchev–Trinajstić information content (AvgIpc) is 3.10. The number of carbonyl (C=O) groups excluding carboxylic acids is 2. The number of ketones is 1. The van der Waals surface area contributed by atoms with Crippen LogP contribution in [0.1, 0.15) is 24.2 Å². The molecule has 7 nitrogen and oxygen atoms in total. The lowest BCUT2D eigenvalue weighted by Gasteiger charge is -2.26. The third kappa shape index (κ3) is 3.69. The first-order valence-corrected chi connectivity index (χ1v) is 10.1. The Morgan fingerprint density at radius 2 is 1.75 bits per heavy atom. The Morgan fingerprint density at radius 3 is 2.41 bits per heavy atom. The third-order valence-corrected chi connectivity index (χ3v) is 5.20. The van der Waals surface area contributed by atoms with Gasteiger partial charge in [-0.25, -0.2) is 0 Å². The Bertz CT molecular complexity index is 1170. The summed E-state index contributed by atoms with van der Waals surface area (Å²) in [5, 5.41) is 11.1. The number of aliphatic hydroxyl groups excluding tert-OH is 1. The molecule has 0 aliphatic carbocycles. The summed E-state index contributed by atoms with van der Waals surface area (Å²) >= 11 is 0. The minimum atomic E-state index is -0.918. The predicted molar refractivity (Wildman–Crippen MR) is 120 cm³/mol. The SMILES string of the molecule is CCOc1ccc(/C(O)=C2/C(=O)C(=O)N(c3ccccc3OC)C2c2ccccn2)cc1. The number of hydrogen-bond acceptors (Lipinski definition) is 6. The molecule has 1 N–H and O–H groups in total. The van der Waals surface area contributed by atoms with E-state index in [1.807, 2.05) is 6.92 Å². The summed E-state index contributed by atoms with van der Waals surface area (Å²) in [6.45, 7) is 2.38. The fraction of sp³-hybridized carbons (Fsp3) is 0.160. The molecule has 0 saturated carbocycles. The molecule has 1 fully saturated rings. The molecule has 7 heteroatoms. The minimum Gasteiger partial charge on any atom is -0.507 e. The summed E-state index contributed by atoms with van der Waals surface area (Å²) in [6, 6.07) is 17.9. The molecule has 2 heterocycles. The molecule has 0 spiro atoms. The van der Waals surface area contributed by atoms with Crippen LogP contribution < -0.4 is 14.4 Å². The second kappa shape index (κ2) is 8.93. The van der Waals surface area contributed by atoms with Gasteiger partial charge >= 0.3 is 0 Å². The number of methoxy groups -OCH3 is 1. The maximum Gasteiger partial charge on any atom is 0.300 e. The lowest BCUT2D eigenvalue weighted by molar-refractivity contribution is -0.132. The van der Waals surface area contributed by atoms with Crippen LogP contribution >= 0.6 is 0 Å². The molecule has 1 amide bonds. The zero-order valence-corrected chi connectivity index (χ0v) is 17.7. The second-order valence-electron chi connectivity index (χ2n) is 7.05. The van der Waals surface area contributed by atoms with Crippen LogP contribution in [0.15, 0.2) is 78.5 Å². The molecule has 1 aromatic heterocycles. The van der Waals surface area contributed by atoms with Crippen LogP contribution in [0.4, 0.5) is 5.69 Å². The topological polar surface area (TPSA) is 89.0 Å². The van der Waals surface area contributed by atoms with Gasteiger partial charge in [0.15, 0.2) is 0 Å². The maximum atomic E-state index is 13.2. The summed E-state index contributed by atoms with van der Waals surface area (Å²) in [5.41, 5.74) is 1.22. The largest absolute Gasteiger partial charge is 0.507 e. The van der Waals surface area contributed by atoms with E-state index in [1.165, 1.54) is 12.0 Å². The van der Waals surface area contributed by atoms with E-state index in [0.717, 1.165) is 0 Å². The van der Waals surface area contributed by atoms with Crippen LogP contribution in [-0.2, 0) is 9.59 Å². The minimum absolute atomic E-state index is 0.0382. The quantitative estimate of drug-likeness (QED) is 0.360. The van der Waals surface area contributed by atoms with E-state index < -0.39 is 17.7 Å². The summed E-state index contributed by atoms with van der Waals surface area (Å²) in [6.07, 6.45) is 1.58. The number of pyridine rings is 1. The van der Waals surface area contributed by atoms with E-state index in [4.69, 9.17) is 9.47 Å². The number of nitrogens with zero attached hydrogens (tertiary/aromatic N) is 2. The van der Waals surface area contributed by atoms with E-state index >= 15 is 0 Å². The Labute approximate surface area is 185 Å². The van der Waals surface area contributed by atoms with E-state index in [1.54, 1.807) is 72.9 Å². The number of hydrogen-bond donors (Lipinski definition) is 1. The summed E-state index contributed by atoms with van der Waals surface area (Å²) < 4.78 is 10.9. The summed E-state index contributed by atoms with van der Waals surface area (Å²) in [7, 11) is 1.49. The Balaban J connectivity index is 1.90. The molecule has 1 saturated heterocycles. The van der Waals surface area contributed by atoms with Gasteiger partial charge in [-0.2, -0.15) is 0 Å². The number of carbonyl (C=O) groups is 2. The number of aliphatic hydroxyl groups is 1. The van der Waals surface area contributed by atoms with Gasteiger partial charge in [-0.15, -0.1) is 0 Å². The standard InChI is InChI=1S/C25H22N2O5/c1-3-32-17-13-11-16(12-14-17)23(28)21-22(18-8-6-7-15-26-18)27(25(30)24(21)29)19-9-4-5-10-20(19)31-2/h4-15,22,28H,3H2,1-2H3/b23-21-. The Kier molecular flexibility index (Phi) is 5.89. The van der Waals surface area contributed by atoms with Gasteiger partial charge in [0.2, 0.25) is 0 Å². The highest BCUT2D eigenvalue weighted by Crippen LogP contribution is 2.44. The number of rotatable bonds is 6. The van der Waals surface area contributed by atoms with Crippen molar-refractivity contribution in [1.29, 1.82) is 0 Å². The molecule has 4 rings (SSSR count). The molecule has 162 valence electrons. The first-order chi connectivity index (χ1) is 15.6. The van der Waals surface area contributed by atoms with Crippen LogP contribution in [0.25, 0.3) is 5.76 Å². The molecular weight excluding hydrogens is 408 g/mol. The molecule has 2 aromatic carbocycles. The molecular formula is C25H22N2O5. The number of para-hydroxylation sites is 2. The molecule has 1 unspecified atom stereocenters. The highest BCUT2D eigenvalue weighted by molar-refractivity contribution is 6.51. The monoisotopic (exact) mass is 430 g/mol. The van der Waals surface area contributed by atoms with Crippen LogP contribution in [-0.4, -0.2) is 35.5 Å². The summed E-state index contributed by atoms with van der Waals surface area (Å²) in [4.78, 5) is 32.0. The first-order valence-electron chi connectivity index (χ1n) is 10.1. The fourth-order valence-electron chi connectivity index (χ4n) is 3.76. The van der Waals surface area contributed by atoms with E-state index in [-0.39, 0.29) is 11.3 Å². The summed E-state index contributed by atoms with van der Waals surface area (Å²) in [5.74, 6) is -0.772. The van der Waals surface area contributed by atoms with Crippen LogP contribution in [0.3, 0.4) is 0 Å². The van der Waals surface area contributed by atoms with Crippen LogP contribution in [0, 0.1) is 0 Å². The van der Waals surface area contributed by atoms with Crippen molar-refractivity contribution in [3.8, 4) is 11.5 Å². The van der Waals surface area contributed by atoms with Gasteiger partial charge in [0.25, 0.3) is 11.7 Å². The molecule has 1 aliphatic heterocycles. The molecule has 0 bridgehead atoms. The van der Waals surface area contributed by atoms with Crippen molar-refractivity contribution in [1.82, 2.24) is 4.98 Å². The number of benzene rings is 2. The van der Waals surface area contributed by atoms with Gasteiger partial charge in [-0.05, 0) is 55.5 Å². The van der Waals surface area contributed by atoms with Gasteiger partial charge in [0, 0.05) is 11.8 Å². The molecule has 3 aromatic rings. The third-order valence-electron chi connectivity index (χ3n) is 5.20. The van der Waals surface area contributed by atoms with Crippen LogP contribution in [0.5, 0.6) is 11.5 Å². The molecule has 0 radical (unpaired) electrons. The zero-order chi connectivity index (χ0) is 22.7. The molecule has 32 heavy (non-hydrogen) atoms. The van der Waals surface area contributed by atoms with Crippen molar-refractivity contribution in [3.05, 3.63) is 89.8 Å². The first kappa shape index (κ1) is 21.1. The lowest BCUT2D eigenvalue weighted by Crippen LogP contribution is -2.30. The van der Waals surface area contributed by atoms with Crippen molar-refractivity contribution in [2.75, 3.05) is 18.6 Å². The lowest BCUT2D eigenvalue weighted by atomic mass is 9.98. The van der Waals surface area contributed by atoms with Gasteiger partial charge in [-0.1, -0.05) is 18.2 Å². The number of anilines is 1. The van der Waals surface area contributed by atoms with Crippen molar-refractivity contribution < 1.29 is 24.2 Å². The second-order valence-corrected chi connectivity index (χ2v) is 7.05. The number of Topliss-reactive ketones (excluding diaryl/α,β-unsaturated/α-hetero) is 1. The van der Waals surface area contributed by atoms with E-state index in [0.29, 0.717) is 35.1 Å². The number of ether oxygens (including phenoxy) is 2. The van der Waals surface area contributed by atoms with Gasteiger partial charge in [0.1, 0.15) is 23.3 Å². The zero-order valence-electron chi connectivity index (χ0n) is 17.7. The Morgan fingerprint density at radius 1 is 1.03 bits per heavy atom.